The van der Waals surface area contributed by atoms with Crippen LogP contribution in [0.2, 0.25) is 0 Å². The first-order chi connectivity index (χ1) is 10.1. The fourth-order valence-electron chi connectivity index (χ4n) is 1.95. The van der Waals surface area contributed by atoms with Gasteiger partial charge in [-0.1, -0.05) is 11.6 Å². The summed E-state index contributed by atoms with van der Waals surface area (Å²) >= 11 is 8.19. The summed E-state index contributed by atoms with van der Waals surface area (Å²) in [7, 11) is 0.857. The normalized spacial score (nSPS) is 26.6. The highest BCUT2D eigenvalue weighted by atomic mass is 79.9. The van der Waals surface area contributed by atoms with Crippen LogP contribution < -0.4 is 5.73 Å². The van der Waals surface area contributed by atoms with E-state index in [4.69, 9.17) is 17.3 Å². The quantitative estimate of drug-likeness (QED) is 0.544. The number of carbonyl (C=O) groups is 1. The fourth-order valence-corrected chi connectivity index (χ4v) is 3.19. The van der Waals surface area contributed by atoms with Gasteiger partial charge in [0.2, 0.25) is 5.91 Å². The van der Waals surface area contributed by atoms with Crippen molar-refractivity contribution in [3.63, 3.8) is 0 Å². The van der Waals surface area contributed by atoms with Gasteiger partial charge in [0, 0.05) is 17.7 Å². The summed E-state index contributed by atoms with van der Waals surface area (Å²) in [5.41, 5.74) is -2.59. The Bertz CT molecular complexity index is 558. The molecule has 12 heteroatoms. The van der Waals surface area contributed by atoms with Crippen molar-refractivity contribution in [2.45, 2.75) is 22.5 Å². The monoisotopic (exact) mass is 433 g/mol. The predicted octanol–water partition coefficient (Wildman–Crippen LogP) is 3.72. The second kappa shape index (κ2) is 5.92. The maximum absolute atomic E-state index is 14.1. The molecule has 2 atom stereocenters. The number of alkyl halides is 8. The molecule has 0 aromatic rings. The first-order valence-corrected chi connectivity index (χ1v) is 6.75. The number of hydrogen-bond acceptors (Lipinski definition) is 2. The van der Waals surface area contributed by atoms with Crippen LogP contribution in [0, 0.1) is 5.92 Å². The third-order valence-corrected chi connectivity index (χ3v) is 4.43. The first kappa shape index (κ1) is 20.2. The summed E-state index contributed by atoms with van der Waals surface area (Å²) in [6.07, 6.45) is -12.5. The van der Waals surface area contributed by atoms with E-state index in [1.807, 2.05) is 0 Å². The minimum absolute atomic E-state index is 0.0660. The Morgan fingerprint density at radius 2 is 1.70 bits per heavy atom. The van der Waals surface area contributed by atoms with Crippen LogP contribution in [0.1, 0.15) is 0 Å². The first-order valence-electron chi connectivity index (χ1n) is 5.58. The number of halogens is 9. The molecule has 1 aliphatic rings. The van der Waals surface area contributed by atoms with Crippen molar-refractivity contribution >= 4 is 33.4 Å². The van der Waals surface area contributed by atoms with Gasteiger partial charge in [0.15, 0.2) is 4.51 Å². The largest absolute Gasteiger partial charge is 0.435 e. The zero-order chi connectivity index (χ0) is 18.4. The lowest BCUT2D eigenvalue weighted by atomic mass is 9.84. The van der Waals surface area contributed by atoms with Crippen LogP contribution in [0.5, 0.6) is 0 Å². The number of allylic oxidation sites excluding steroid dienone is 2. The van der Waals surface area contributed by atoms with Gasteiger partial charge in [0.05, 0.1) is 0 Å². The van der Waals surface area contributed by atoms with Gasteiger partial charge in [-0.05, 0) is 28.1 Å². The second-order valence-electron chi connectivity index (χ2n) is 4.52. The van der Waals surface area contributed by atoms with Gasteiger partial charge in [-0.2, -0.15) is 26.3 Å². The Hall–Kier alpha value is -0.810. The molecule has 0 radical (unpaired) electrons. The molecule has 23 heavy (non-hydrogen) atoms. The van der Waals surface area contributed by atoms with Crippen LogP contribution in [0.15, 0.2) is 22.8 Å². The Labute approximate surface area is 138 Å². The number of methoxy groups -OCH3 is 1. The van der Waals surface area contributed by atoms with E-state index in [-0.39, 0.29) is 12.2 Å². The number of rotatable bonds is 3. The van der Waals surface area contributed by atoms with Crippen LogP contribution in [0.4, 0.5) is 30.7 Å². The highest BCUT2D eigenvalue weighted by Crippen LogP contribution is 2.54. The van der Waals surface area contributed by atoms with Gasteiger partial charge in [-0.15, -0.1) is 0 Å². The van der Waals surface area contributed by atoms with E-state index in [9.17, 15) is 35.5 Å². The third-order valence-electron chi connectivity index (χ3n) is 3.09. The number of carbonyl (C=O) groups excluding carboxylic acids is 1. The SMILES string of the molecule is COC1(Br)C=C(C(F)(C(F)(F)F)C(F)(F)F)C=C(Cl)C1C(N)=O. The van der Waals surface area contributed by atoms with Crippen molar-refractivity contribution in [3.05, 3.63) is 22.8 Å². The van der Waals surface area contributed by atoms with Crippen molar-refractivity contribution < 1.29 is 40.3 Å². The van der Waals surface area contributed by atoms with E-state index in [1.54, 1.807) is 0 Å². The Morgan fingerprint density at radius 3 is 2.00 bits per heavy atom. The molecule has 0 saturated carbocycles. The maximum atomic E-state index is 14.1. The molecule has 1 amide bonds. The van der Waals surface area contributed by atoms with Crippen molar-refractivity contribution in [2.75, 3.05) is 7.11 Å². The summed E-state index contributed by atoms with van der Waals surface area (Å²) < 4.78 is 93.1. The summed E-state index contributed by atoms with van der Waals surface area (Å²) in [5.74, 6) is -2.85. The van der Waals surface area contributed by atoms with E-state index in [0.717, 1.165) is 7.11 Å². The van der Waals surface area contributed by atoms with Gasteiger partial charge in [0.1, 0.15) is 5.92 Å². The number of amides is 1. The van der Waals surface area contributed by atoms with Crippen molar-refractivity contribution in [1.82, 2.24) is 0 Å². The molecule has 132 valence electrons. The fraction of sp³-hybridized carbons (Fsp3) is 0.545. The minimum Gasteiger partial charge on any atom is -0.369 e. The number of primary amides is 1. The standard InChI is InChI=1S/C11H8BrClF7NO2/c1-23-8(12)3-4(2-5(13)6(8)7(21)22)9(14,10(15,16)17)11(18,19)20/h2-3,6H,1H3,(H2,21,22). The summed E-state index contributed by atoms with van der Waals surface area (Å²) in [6.45, 7) is 0. The molecule has 0 saturated heterocycles. The lowest BCUT2D eigenvalue weighted by molar-refractivity contribution is -0.325. The molecule has 0 bridgehead atoms. The third kappa shape index (κ3) is 3.22. The summed E-state index contributed by atoms with van der Waals surface area (Å²) in [5, 5.41) is -0.843. The molecule has 0 fully saturated rings. The number of ether oxygens (including phenoxy) is 1. The molecule has 0 aromatic carbocycles. The van der Waals surface area contributed by atoms with Crippen LogP contribution in [0.25, 0.3) is 0 Å². The van der Waals surface area contributed by atoms with Gasteiger partial charge < -0.3 is 10.5 Å². The van der Waals surface area contributed by atoms with E-state index in [1.165, 1.54) is 0 Å². The molecule has 0 spiro atoms. The Balaban J connectivity index is 3.65. The molecule has 3 nitrogen and oxygen atoms in total. The van der Waals surface area contributed by atoms with E-state index in [2.05, 4.69) is 20.7 Å². The highest BCUT2D eigenvalue weighted by molar-refractivity contribution is 9.10. The average molecular weight is 435 g/mol. The number of hydrogen-bond donors (Lipinski definition) is 1. The van der Waals surface area contributed by atoms with Gasteiger partial charge >= 0.3 is 18.0 Å². The molecule has 0 heterocycles. The zero-order valence-electron chi connectivity index (χ0n) is 11.0. The van der Waals surface area contributed by atoms with Crippen LogP contribution in [0.3, 0.4) is 0 Å². The molecule has 2 unspecified atom stereocenters. The van der Waals surface area contributed by atoms with Crippen molar-refractivity contribution in [3.8, 4) is 0 Å². The number of nitrogens with two attached hydrogens (primary N) is 1. The van der Waals surface area contributed by atoms with E-state index < -0.39 is 45.0 Å². The average Bonchev–Trinajstić information content (AvgIpc) is 2.33. The molecule has 1 rings (SSSR count). The summed E-state index contributed by atoms with van der Waals surface area (Å²) in [4.78, 5) is 11.3. The maximum Gasteiger partial charge on any atom is 0.435 e. The predicted molar refractivity (Wildman–Crippen MR) is 69.3 cm³/mol. The second-order valence-corrected chi connectivity index (χ2v) is 6.20. The van der Waals surface area contributed by atoms with Crippen LogP contribution >= 0.6 is 27.5 Å². The summed E-state index contributed by atoms with van der Waals surface area (Å²) in [6, 6.07) is 0. The van der Waals surface area contributed by atoms with Crippen LogP contribution in [-0.2, 0) is 9.53 Å². The lowest BCUT2D eigenvalue weighted by Crippen LogP contribution is -2.56. The van der Waals surface area contributed by atoms with E-state index >= 15 is 0 Å². The van der Waals surface area contributed by atoms with Crippen molar-refractivity contribution in [1.29, 1.82) is 0 Å². The molecular formula is C11H8BrClF7NO2. The molecule has 0 aromatic heterocycles. The Kier molecular flexibility index (Phi) is 5.21. The van der Waals surface area contributed by atoms with Gasteiger partial charge in [0.25, 0.3) is 0 Å². The van der Waals surface area contributed by atoms with Gasteiger partial charge in [-0.3, -0.25) is 4.79 Å². The topological polar surface area (TPSA) is 52.3 Å². The molecule has 1 aliphatic carbocycles. The van der Waals surface area contributed by atoms with Crippen LogP contribution in [-0.4, -0.2) is 35.5 Å². The minimum atomic E-state index is -6.33. The molecule has 0 aliphatic heterocycles. The van der Waals surface area contributed by atoms with E-state index in [0.29, 0.717) is 0 Å². The molecular weight excluding hydrogens is 426 g/mol. The van der Waals surface area contributed by atoms with Crippen molar-refractivity contribution in [2.24, 2.45) is 11.7 Å². The zero-order valence-corrected chi connectivity index (χ0v) is 13.4. The van der Waals surface area contributed by atoms with Gasteiger partial charge in [-0.25, -0.2) is 4.39 Å². The Morgan fingerprint density at radius 1 is 1.26 bits per heavy atom. The lowest BCUT2D eigenvalue weighted by Gasteiger charge is -2.38. The smallest absolute Gasteiger partial charge is 0.369 e. The molecule has 2 N–H and O–H groups in total. The highest BCUT2D eigenvalue weighted by Gasteiger charge is 2.74.